The number of benzene rings is 3. The van der Waals surface area contributed by atoms with Crippen LogP contribution in [0.4, 0.5) is 0 Å². The van der Waals surface area contributed by atoms with E-state index in [4.69, 9.17) is 9.47 Å². The number of carbonyl (C=O) groups excluding carboxylic acids is 1. The molecular formula is C29H32O5. The van der Waals surface area contributed by atoms with Crippen molar-refractivity contribution in [1.29, 1.82) is 0 Å². The van der Waals surface area contributed by atoms with Crippen molar-refractivity contribution in [1.82, 2.24) is 0 Å². The summed E-state index contributed by atoms with van der Waals surface area (Å²) in [4.78, 5) is 12.3. The van der Waals surface area contributed by atoms with Crippen molar-refractivity contribution in [2.45, 2.75) is 52.1 Å². The minimum atomic E-state index is -0.865. The van der Waals surface area contributed by atoms with E-state index in [1.807, 2.05) is 72.8 Å². The average Bonchev–Trinajstić information content (AvgIpc) is 2.84. The molecule has 0 radical (unpaired) electrons. The summed E-state index contributed by atoms with van der Waals surface area (Å²) in [6.45, 7) is 3.89. The maximum atomic E-state index is 12.3. The molecule has 0 amide bonds. The number of hydrogen-bond donors (Lipinski definition) is 2. The van der Waals surface area contributed by atoms with Gasteiger partial charge in [-0.3, -0.25) is 0 Å². The molecule has 2 N–H and O–H groups in total. The van der Waals surface area contributed by atoms with Crippen molar-refractivity contribution in [3.8, 4) is 5.75 Å². The molecule has 0 fully saturated rings. The zero-order valence-corrected chi connectivity index (χ0v) is 19.7. The first kappa shape index (κ1) is 25.2. The quantitative estimate of drug-likeness (QED) is 0.303. The predicted octanol–water partition coefficient (Wildman–Crippen LogP) is 5.22. The molecule has 0 saturated carbocycles. The highest BCUT2D eigenvalue weighted by Gasteiger charge is 2.19. The number of ether oxygens (including phenoxy) is 2. The van der Waals surface area contributed by atoms with E-state index in [-0.39, 0.29) is 13.2 Å². The van der Waals surface area contributed by atoms with Crippen molar-refractivity contribution in [3.63, 3.8) is 0 Å². The van der Waals surface area contributed by atoms with E-state index in [9.17, 15) is 15.0 Å². The molecule has 3 rings (SSSR count). The van der Waals surface area contributed by atoms with Crippen LogP contribution in [0.1, 0.15) is 48.1 Å². The van der Waals surface area contributed by atoms with Crippen LogP contribution in [-0.2, 0) is 35.8 Å². The van der Waals surface area contributed by atoms with Gasteiger partial charge in [-0.25, -0.2) is 4.79 Å². The standard InChI is InChI=1S/C29H32O5/c1-29(2,32)18-17-26-25(19-30)14-13-24(28(26)34-21-23-11-7-4-8-12-23)15-16-27(31)33-20-22-9-5-3-6-10-22/h3-16,30,32H,17-21H2,1-2H3/b16-15-. The molecule has 178 valence electrons. The van der Waals surface area contributed by atoms with E-state index >= 15 is 0 Å². The molecule has 0 heterocycles. The largest absolute Gasteiger partial charge is 0.488 e. The van der Waals surface area contributed by atoms with Crippen molar-refractivity contribution in [2.24, 2.45) is 0 Å². The van der Waals surface area contributed by atoms with Crippen molar-refractivity contribution >= 4 is 12.0 Å². The fraction of sp³-hybridized carbons (Fsp3) is 0.276. The van der Waals surface area contributed by atoms with E-state index in [1.165, 1.54) is 6.08 Å². The minimum Gasteiger partial charge on any atom is -0.488 e. The molecule has 0 spiro atoms. The summed E-state index contributed by atoms with van der Waals surface area (Å²) in [5.41, 5.74) is 3.31. The lowest BCUT2D eigenvalue weighted by molar-refractivity contribution is -0.138. The SMILES string of the molecule is CC(C)(O)CCc1c(CO)ccc(/C=C\C(=O)OCc2ccccc2)c1OCc1ccccc1. The molecule has 3 aromatic carbocycles. The Hall–Kier alpha value is -3.41. The van der Waals surface area contributed by atoms with Gasteiger partial charge in [0.25, 0.3) is 0 Å². The molecule has 0 atom stereocenters. The van der Waals surface area contributed by atoms with Gasteiger partial charge in [0.1, 0.15) is 19.0 Å². The third kappa shape index (κ3) is 7.87. The van der Waals surface area contributed by atoms with E-state index < -0.39 is 11.6 Å². The van der Waals surface area contributed by atoms with Gasteiger partial charge in [-0.15, -0.1) is 0 Å². The number of rotatable bonds is 11. The molecular weight excluding hydrogens is 428 g/mol. The van der Waals surface area contributed by atoms with Crippen LogP contribution in [0.2, 0.25) is 0 Å². The lowest BCUT2D eigenvalue weighted by Crippen LogP contribution is -2.20. The van der Waals surface area contributed by atoms with Crippen LogP contribution in [0.5, 0.6) is 5.75 Å². The maximum Gasteiger partial charge on any atom is 0.331 e. The number of esters is 1. The van der Waals surface area contributed by atoms with Crippen LogP contribution in [0.25, 0.3) is 6.08 Å². The molecule has 0 aliphatic heterocycles. The molecule has 0 bridgehead atoms. The summed E-state index contributed by atoms with van der Waals surface area (Å²) in [5, 5.41) is 20.2. The number of aliphatic hydroxyl groups is 2. The Kier molecular flexibility index (Phi) is 9.02. The molecule has 0 aromatic heterocycles. The van der Waals surface area contributed by atoms with Crippen LogP contribution in [0, 0.1) is 0 Å². The number of aliphatic hydroxyl groups excluding tert-OH is 1. The van der Waals surface area contributed by atoms with Crippen LogP contribution in [-0.4, -0.2) is 21.8 Å². The Morgan fingerprint density at radius 2 is 1.53 bits per heavy atom. The summed E-state index contributed by atoms with van der Waals surface area (Å²) in [6.07, 6.45) is 4.06. The van der Waals surface area contributed by atoms with Crippen molar-refractivity contribution < 1.29 is 24.5 Å². The Labute approximate surface area is 201 Å². The first-order chi connectivity index (χ1) is 16.4. The van der Waals surface area contributed by atoms with Gasteiger partial charge in [0.05, 0.1) is 12.2 Å². The minimum absolute atomic E-state index is 0.147. The summed E-state index contributed by atoms with van der Waals surface area (Å²) >= 11 is 0. The van der Waals surface area contributed by atoms with Crippen LogP contribution >= 0.6 is 0 Å². The first-order valence-corrected chi connectivity index (χ1v) is 11.4. The topological polar surface area (TPSA) is 76.0 Å². The number of carbonyl (C=O) groups is 1. The highest BCUT2D eigenvalue weighted by molar-refractivity contribution is 5.87. The molecule has 34 heavy (non-hydrogen) atoms. The van der Waals surface area contributed by atoms with Crippen molar-refractivity contribution in [3.05, 3.63) is 107 Å². The van der Waals surface area contributed by atoms with Gasteiger partial charge in [-0.05, 0) is 49.5 Å². The molecule has 0 saturated heterocycles. The molecule has 0 unspecified atom stereocenters. The van der Waals surface area contributed by atoms with Gasteiger partial charge >= 0.3 is 5.97 Å². The van der Waals surface area contributed by atoms with Crippen LogP contribution < -0.4 is 4.74 Å². The molecule has 5 nitrogen and oxygen atoms in total. The second-order valence-corrected chi connectivity index (χ2v) is 8.79. The third-order valence-electron chi connectivity index (χ3n) is 5.39. The third-order valence-corrected chi connectivity index (χ3v) is 5.39. The van der Waals surface area contributed by atoms with Gasteiger partial charge in [0.15, 0.2) is 0 Å². The maximum absolute atomic E-state index is 12.3. The van der Waals surface area contributed by atoms with E-state index in [1.54, 1.807) is 19.9 Å². The molecule has 5 heteroatoms. The fourth-order valence-electron chi connectivity index (χ4n) is 3.51. The Bertz CT molecular complexity index is 1080. The number of hydrogen-bond acceptors (Lipinski definition) is 5. The highest BCUT2D eigenvalue weighted by Crippen LogP contribution is 2.32. The van der Waals surface area contributed by atoms with Gasteiger partial charge < -0.3 is 19.7 Å². The summed E-state index contributed by atoms with van der Waals surface area (Å²) in [7, 11) is 0. The van der Waals surface area contributed by atoms with E-state index in [0.717, 1.165) is 22.3 Å². The predicted molar refractivity (Wildman–Crippen MR) is 133 cm³/mol. The van der Waals surface area contributed by atoms with E-state index in [2.05, 4.69) is 0 Å². The monoisotopic (exact) mass is 460 g/mol. The van der Waals surface area contributed by atoms with E-state index in [0.29, 0.717) is 30.8 Å². The molecule has 0 aliphatic rings. The Morgan fingerprint density at radius 1 is 0.912 bits per heavy atom. The van der Waals surface area contributed by atoms with Gasteiger partial charge in [0.2, 0.25) is 0 Å². The zero-order valence-electron chi connectivity index (χ0n) is 19.7. The Balaban J connectivity index is 1.84. The van der Waals surface area contributed by atoms with Crippen LogP contribution in [0.15, 0.2) is 78.9 Å². The normalized spacial score (nSPS) is 11.5. The fourth-order valence-corrected chi connectivity index (χ4v) is 3.51. The second kappa shape index (κ2) is 12.2. The molecule has 0 aliphatic carbocycles. The van der Waals surface area contributed by atoms with Crippen molar-refractivity contribution in [2.75, 3.05) is 0 Å². The highest BCUT2D eigenvalue weighted by atomic mass is 16.5. The van der Waals surface area contributed by atoms with Crippen LogP contribution in [0.3, 0.4) is 0 Å². The van der Waals surface area contributed by atoms with Gasteiger partial charge in [0, 0.05) is 17.2 Å². The average molecular weight is 461 g/mol. The summed E-state index contributed by atoms with van der Waals surface area (Å²) < 4.78 is 11.6. The molecule has 3 aromatic rings. The lowest BCUT2D eigenvalue weighted by Gasteiger charge is -2.21. The summed E-state index contributed by atoms with van der Waals surface area (Å²) in [5.74, 6) is 0.133. The summed E-state index contributed by atoms with van der Waals surface area (Å²) in [6, 6.07) is 22.9. The second-order valence-electron chi connectivity index (χ2n) is 8.79. The zero-order chi connectivity index (χ0) is 24.4. The lowest BCUT2D eigenvalue weighted by atomic mass is 9.93. The first-order valence-electron chi connectivity index (χ1n) is 11.4. The van der Waals surface area contributed by atoms with Gasteiger partial charge in [-0.2, -0.15) is 0 Å². The van der Waals surface area contributed by atoms with Gasteiger partial charge in [-0.1, -0.05) is 72.8 Å². The Morgan fingerprint density at radius 3 is 2.12 bits per heavy atom. The smallest absolute Gasteiger partial charge is 0.331 e.